The van der Waals surface area contributed by atoms with E-state index < -0.39 is 0 Å². The molecule has 3 N–H and O–H groups in total. The summed E-state index contributed by atoms with van der Waals surface area (Å²) in [5, 5.41) is 16.6. The van der Waals surface area contributed by atoms with Crippen molar-refractivity contribution in [2.24, 2.45) is 17.9 Å². The smallest absolute Gasteiger partial charge is 0.175 e. The van der Waals surface area contributed by atoms with E-state index in [-0.39, 0.29) is 11.4 Å². The van der Waals surface area contributed by atoms with Crippen LogP contribution in [-0.4, -0.2) is 57.4 Å². The van der Waals surface area contributed by atoms with Gasteiger partial charge in [-0.3, -0.25) is 9.58 Å². The number of aromatic nitrogens is 2. The van der Waals surface area contributed by atoms with Gasteiger partial charge in [-0.25, -0.2) is 0 Å². The van der Waals surface area contributed by atoms with E-state index in [2.05, 4.69) is 40.8 Å². The van der Waals surface area contributed by atoms with Gasteiger partial charge in [0.25, 0.3) is 0 Å². The van der Waals surface area contributed by atoms with Crippen LogP contribution in [-0.2, 0) is 7.05 Å². The second-order valence-electron chi connectivity index (χ2n) is 6.54. The molecule has 7 heteroatoms. The quantitative estimate of drug-likeness (QED) is 0.364. The summed E-state index contributed by atoms with van der Waals surface area (Å²) >= 11 is 0. The van der Waals surface area contributed by atoms with Crippen molar-refractivity contribution in [3.05, 3.63) is 11.3 Å². The molecular formula is C14H26N6O. The van der Waals surface area contributed by atoms with E-state index in [0.29, 0.717) is 0 Å². The van der Waals surface area contributed by atoms with Crippen molar-refractivity contribution in [3.8, 4) is 0 Å². The Morgan fingerprint density at radius 1 is 1.24 bits per heavy atom. The number of piperazine rings is 1. The monoisotopic (exact) mass is 294 g/mol. The van der Waals surface area contributed by atoms with Crippen LogP contribution in [0.25, 0.3) is 0 Å². The topological polar surface area (TPSA) is 82.9 Å². The average molecular weight is 294 g/mol. The van der Waals surface area contributed by atoms with Crippen molar-refractivity contribution in [2.45, 2.75) is 33.2 Å². The van der Waals surface area contributed by atoms with E-state index in [1.165, 1.54) is 0 Å². The lowest BCUT2D eigenvalue weighted by molar-refractivity contribution is 0.128. The third-order valence-corrected chi connectivity index (χ3v) is 4.08. The van der Waals surface area contributed by atoms with Crippen molar-refractivity contribution >= 4 is 11.7 Å². The minimum Gasteiger partial charge on any atom is -0.409 e. The summed E-state index contributed by atoms with van der Waals surface area (Å²) in [7, 11) is 1.90. The highest BCUT2D eigenvalue weighted by Gasteiger charge is 2.29. The molecule has 1 aliphatic heterocycles. The van der Waals surface area contributed by atoms with Crippen LogP contribution in [0.1, 0.15) is 32.0 Å². The zero-order valence-electron chi connectivity index (χ0n) is 13.6. The molecule has 1 fully saturated rings. The molecule has 0 amide bonds. The van der Waals surface area contributed by atoms with Gasteiger partial charge in [-0.15, -0.1) is 0 Å². The van der Waals surface area contributed by atoms with Gasteiger partial charge in [0.15, 0.2) is 5.84 Å². The van der Waals surface area contributed by atoms with Gasteiger partial charge in [0.1, 0.15) is 5.82 Å². The van der Waals surface area contributed by atoms with Crippen LogP contribution in [0.3, 0.4) is 0 Å². The summed E-state index contributed by atoms with van der Waals surface area (Å²) in [6.45, 7) is 12.4. The van der Waals surface area contributed by atoms with Gasteiger partial charge in [0.05, 0.1) is 11.3 Å². The van der Waals surface area contributed by atoms with Crippen LogP contribution >= 0.6 is 0 Å². The zero-order valence-corrected chi connectivity index (χ0v) is 13.6. The molecule has 1 aromatic rings. The third-order valence-electron chi connectivity index (χ3n) is 4.08. The summed E-state index contributed by atoms with van der Waals surface area (Å²) in [6, 6.07) is 0. The predicted molar refractivity (Wildman–Crippen MR) is 84.0 cm³/mol. The Morgan fingerprint density at radius 2 is 1.81 bits per heavy atom. The highest BCUT2D eigenvalue weighted by Crippen LogP contribution is 2.25. The van der Waals surface area contributed by atoms with E-state index in [1.54, 1.807) is 0 Å². The first-order chi connectivity index (χ1) is 9.75. The number of amidine groups is 1. The molecule has 0 saturated carbocycles. The zero-order chi connectivity index (χ0) is 15.8. The maximum atomic E-state index is 8.99. The van der Waals surface area contributed by atoms with Crippen LogP contribution in [0, 0.1) is 6.92 Å². The number of rotatable bonds is 2. The Labute approximate surface area is 126 Å². The molecule has 1 aliphatic rings. The highest BCUT2D eigenvalue weighted by molar-refractivity contribution is 6.02. The largest absolute Gasteiger partial charge is 0.409 e. The Balaban J connectivity index is 2.25. The third kappa shape index (κ3) is 2.97. The molecule has 1 aromatic heterocycles. The van der Waals surface area contributed by atoms with E-state index in [9.17, 15) is 0 Å². The number of anilines is 1. The molecule has 21 heavy (non-hydrogen) atoms. The number of nitrogens with zero attached hydrogens (tertiary/aromatic N) is 5. The number of hydrogen-bond donors (Lipinski definition) is 2. The molecule has 0 aliphatic carbocycles. The van der Waals surface area contributed by atoms with Crippen molar-refractivity contribution in [3.63, 3.8) is 0 Å². The Kier molecular flexibility index (Phi) is 4.13. The standard InChI is InChI=1S/C14H26N6O/c1-10-11(12(15)17-21)13(18(5)16-10)19-6-8-20(9-7-19)14(2,3)4/h21H,6-9H2,1-5H3,(H2,15,17). The van der Waals surface area contributed by atoms with Crippen molar-refractivity contribution in [2.75, 3.05) is 31.1 Å². The number of aryl methyl sites for hydroxylation is 2. The van der Waals surface area contributed by atoms with Crippen LogP contribution in [0.4, 0.5) is 5.82 Å². The second-order valence-corrected chi connectivity index (χ2v) is 6.54. The van der Waals surface area contributed by atoms with E-state index in [4.69, 9.17) is 10.9 Å². The summed E-state index contributed by atoms with van der Waals surface area (Å²) in [4.78, 5) is 4.73. The first-order valence-corrected chi connectivity index (χ1v) is 7.27. The molecular weight excluding hydrogens is 268 g/mol. The Morgan fingerprint density at radius 3 is 2.29 bits per heavy atom. The molecule has 0 aromatic carbocycles. The van der Waals surface area contributed by atoms with Crippen molar-refractivity contribution < 1.29 is 5.21 Å². The van der Waals surface area contributed by atoms with Gasteiger partial charge < -0.3 is 15.8 Å². The maximum Gasteiger partial charge on any atom is 0.175 e. The SMILES string of the molecule is Cc1nn(C)c(N2CCN(C(C)(C)C)CC2)c1C(N)=NO. The molecule has 0 spiro atoms. The van der Waals surface area contributed by atoms with Gasteiger partial charge in [0.2, 0.25) is 0 Å². The first-order valence-electron chi connectivity index (χ1n) is 7.27. The molecule has 2 rings (SSSR count). The minimum atomic E-state index is 0.119. The molecule has 1 saturated heterocycles. The number of oxime groups is 1. The van der Waals surface area contributed by atoms with Gasteiger partial charge in [-0.2, -0.15) is 5.10 Å². The Bertz CT molecular complexity index is 534. The van der Waals surface area contributed by atoms with Crippen LogP contribution in [0.5, 0.6) is 0 Å². The van der Waals surface area contributed by atoms with Crippen molar-refractivity contribution in [1.82, 2.24) is 14.7 Å². The maximum absolute atomic E-state index is 8.99. The van der Waals surface area contributed by atoms with Gasteiger partial charge in [-0.1, -0.05) is 5.16 Å². The minimum absolute atomic E-state index is 0.119. The van der Waals surface area contributed by atoms with Crippen LogP contribution in [0.2, 0.25) is 0 Å². The summed E-state index contributed by atoms with van der Waals surface area (Å²) in [6.07, 6.45) is 0. The molecule has 0 unspecified atom stereocenters. The lowest BCUT2D eigenvalue weighted by atomic mass is 10.0. The first kappa shape index (κ1) is 15.6. The van der Waals surface area contributed by atoms with E-state index in [0.717, 1.165) is 43.3 Å². The van der Waals surface area contributed by atoms with Gasteiger partial charge >= 0.3 is 0 Å². The van der Waals surface area contributed by atoms with Crippen molar-refractivity contribution in [1.29, 1.82) is 0 Å². The molecule has 0 bridgehead atoms. The molecule has 7 nitrogen and oxygen atoms in total. The molecule has 0 radical (unpaired) electrons. The summed E-state index contributed by atoms with van der Waals surface area (Å²) in [5.41, 5.74) is 7.51. The van der Waals surface area contributed by atoms with Crippen LogP contribution < -0.4 is 10.6 Å². The fourth-order valence-electron chi connectivity index (χ4n) is 2.95. The van der Waals surface area contributed by atoms with Gasteiger partial charge in [-0.05, 0) is 27.7 Å². The molecule has 2 heterocycles. The molecule has 118 valence electrons. The van der Waals surface area contributed by atoms with Crippen LogP contribution in [0.15, 0.2) is 5.16 Å². The lowest BCUT2D eigenvalue weighted by Gasteiger charge is -2.43. The normalized spacial score (nSPS) is 18.3. The van der Waals surface area contributed by atoms with E-state index in [1.807, 2.05) is 18.7 Å². The summed E-state index contributed by atoms with van der Waals surface area (Å²) < 4.78 is 1.81. The molecule has 0 atom stereocenters. The summed E-state index contributed by atoms with van der Waals surface area (Å²) in [5.74, 6) is 1.05. The average Bonchev–Trinajstić information content (AvgIpc) is 2.71. The second kappa shape index (κ2) is 5.55. The fourth-order valence-corrected chi connectivity index (χ4v) is 2.95. The Hall–Kier alpha value is -1.76. The highest BCUT2D eigenvalue weighted by atomic mass is 16.4. The van der Waals surface area contributed by atoms with Gasteiger partial charge in [0, 0.05) is 38.8 Å². The number of nitrogens with two attached hydrogens (primary N) is 1. The lowest BCUT2D eigenvalue weighted by Crippen LogP contribution is -2.54. The fraction of sp³-hybridized carbons (Fsp3) is 0.714. The van der Waals surface area contributed by atoms with E-state index >= 15 is 0 Å². The number of hydrogen-bond acceptors (Lipinski definition) is 5. The predicted octanol–water partition coefficient (Wildman–Crippen LogP) is 0.744.